The number of phenolic OH excluding ortho intramolecular Hbond substituents is 1. The molecule has 0 amide bonds. The largest absolute Gasteiger partial charge is 0.506 e. The van der Waals surface area contributed by atoms with Crippen LogP contribution < -0.4 is 0 Å². The predicted molar refractivity (Wildman–Crippen MR) is 51.9 cm³/mol. The lowest BCUT2D eigenvalue weighted by molar-refractivity contribution is 0.233. The average Bonchev–Trinajstić information content (AvgIpc) is 2.10. The van der Waals surface area contributed by atoms with E-state index in [9.17, 15) is 10.2 Å². The minimum Gasteiger partial charge on any atom is -0.506 e. The molecular formula is C9H6Cl2O2. The van der Waals surface area contributed by atoms with Gasteiger partial charge in [-0.15, -0.1) is 6.42 Å². The maximum Gasteiger partial charge on any atom is 0.143 e. The molecule has 68 valence electrons. The highest BCUT2D eigenvalue weighted by Gasteiger charge is 2.13. The molecular weight excluding hydrogens is 211 g/mol. The number of phenols is 1. The summed E-state index contributed by atoms with van der Waals surface area (Å²) in [5.41, 5.74) is 0.139. The van der Waals surface area contributed by atoms with Crippen LogP contribution in [0.3, 0.4) is 0 Å². The Morgan fingerprint density at radius 3 is 2.54 bits per heavy atom. The lowest BCUT2D eigenvalue weighted by Crippen LogP contribution is -1.94. The van der Waals surface area contributed by atoms with Crippen LogP contribution in [-0.2, 0) is 0 Å². The standard InChI is InChI=1S/C9H6Cl2O2/c1-2-8(12)6-3-5(10)4-7(11)9(6)13/h1,3-4,8,12-13H. The Morgan fingerprint density at radius 1 is 1.38 bits per heavy atom. The van der Waals surface area contributed by atoms with Gasteiger partial charge in [0.15, 0.2) is 0 Å². The van der Waals surface area contributed by atoms with Gasteiger partial charge in [0.25, 0.3) is 0 Å². The van der Waals surface area contributed by atoms with Crippen molar-refractivity contribution in [2.75, 3.05) is 0 Å². The smallest absolute Gasteiger partial charge is 0.143 e. The third-order valence-electron chi connectivity index (χ3n) is 1.51. The van der Waals surface area contributed by atoms with E-state index in [0.717, 1.165) is 0 Å². The third kappa shape index (κ3) is 2.07. The van der Waals surface area contributed by atoms with Gasteiger partial charge in [-0.3, -0.25) is 0 Å². The molecule has 0 aromatic heterocycles. The van der Waals surface area contributed by atoms with Crippen molar-refractivity contribution in [3.8, 4) is 18.1 Å². The lowest BCUT2D eigenvalue weighted by Gasteiger charge is -2.08. The first-order valence-electron chi connectivity index (χ1n) is 3.38. The van der Waals surface area contributed by atoms with Gasteiger partial charge < -0.3 is 10.2 Å². The number of halogens is 2. The van der Waals surface area contributed by atoms with Crippen molar-refractivity contribution in [2.24, 2.45) is 0 Å². The van der Waals surface area contributed by atoms with Gasteiger partial charge in [-0.25, -0.2) is 0 Å². The Balaban J connectivity index is 3.30. The molecule has 13 heavy (non-hydrogen) atoms. The molecule has 0 spiro atoms. The summed E-state index contributed by atoms with van der Waals surface area (Å²) in [6.45, 7) is 0. The number of terminal acetylenes is 1. The van der Waals surface area contributed by atoms with Crippen LogP contribution in [-0.4, -0.2) is 10.2 Å². The second-order valence-electron chi connectivity index (χ2n) is 2.39. The summed E-state index contributed by atoms with van der Waals surface area (Å²) in [7, 11) is 0. The van der Waals surface area contributed by atoms with E-state index in [1.165, 1.54) is 12.1 Å². The summed E-state index contributed by atoms with van der Waals surface area (Å²) in [6.07, 6.45) is 3.78. The number of hydrogen-bond acceptors (Lipinski definition) is 2. The minimum atomic E-state index is -1.20. The molecule has 0 fully saturated rings. The number of aliphatic hydroxyl groups excluding tert-OH is 1. The summed E-state index contributed by atoms with van der Waals surface area (Å²) < 4.78 is 0. The summed E-state index contributed by atoms with van der Waals surface area (Å²) in [5.74, 6) is 1.82. The van der Waals surface area contributed by atoms with E-state index < -0.39 is 6.10 Å². The van der Waals surface area contributed by atoms with Crippen LogP contribution in [0.15, 0.2) is 12.1 Å². The van der Waals surface area contributed by atoms with Crippen LogP contribution in [0.1, 0.15) is 11.7 Å². The number of hydrogen-bond donors (Lipinski definition) is 2. The maximum atomic E-state index is 9.38. The van der Waals surface area contributed by atoms with Crippen molar-refractivity contribution in [1.29, 1.82) is 0 Å². The molecule has 1 aromatic rings. The molecule has 1 aromatic carbocycles. The molecule has 2 nitrogen and oxygen atoms in total. The molecule has 0 aliphatic carbocycles. The van der Waals surface area contributed by atoms with E-state index in [2.05, 4.69) is 5.92 Å². The summed E-state index contributed by atoms with van der Waals surface area (Å²) in [6, 6.07) is 2.73. The average molecular weight is 217 g/mol. The number of benzene rings is 1. The highest BCUT2D eigenvalue weighted by molar-refractivity contribution is 6.35. The Labute approximate surface area is 85.7 Å². The SMILES string of the molecule is C#CC(O)c1cc(Cl)cc(Cl)c1O. The zero-order chi connectivity index (χ0) is 10.0. The van der Waals surface area contributed by atoms with Crippen LogP contribution in [0.5, 0.6) is 5.75 Å². The first kappa shape index (κ1) is 10.2. The molecule has 0 bridgehead atoms. The molecule has 0 aliphatic rings. The quantitative estimate of drug-likeness (QED) is 0.709. The van der Waals surface area contributed by atoms with Gasteiger partial charge in [-0.2, -0.15) is 0 Å². The van der Waals surface area contributed by atoms with Crippen LogP contribution in [0, 0.1) is 12.3 Å². The van der Waals surface area contributed by atoms with Crippen molar-refractivity contribution < 1.29 is 10.2 Å². The molecule has 2 N–H and O–H groups in total. The summed E-state index contributed by atoms with van der Waals surface area (Å²) in [4.78, 5) is 0. The van der Waals surface area contributed by atoms with Gasteiger partial charge in [0.2, 0.25) is 0 Å². The fraction of sp³-hybridized carbons (Fsp3) is 0.111. The molecule has 0 saturated heterocycles. The highest BCUT2D eigenvalue weighted by atomic mass is 35.5. The van der Waals surface area contributed by atoms with Crippen LogP contribution >= 0.6 is 23.2 Å². The molecule has 0 aliphatic heterocycles. The molecule has 1 unspecified atom stereocenters. The molecule has 1 rings (SSSR count). The van der Waals surface area contributed by atoms with Crippen LogP contribution in [0.25, 0.3) is 0 Å². The maximum absolute atomic E-state index is 9.38. The second-order valence-corrected chi connectivity index (χ2v) is 3.24. The van der Waals surface area contributed by atoms with Gasteiger partial charge in [0.05, 0.1) is 5.02 Å². The Morgan fingerprint density at radius 2 is 2.00 bits per heavy atom. The zero-order valence-corrected chi connectivity index (χ0v) is 7.97. The monoisotopic (exact) mass is 216 g/mol. The molecule has 0 heterocycles. The number of aromatic hydroxyl groups is 1. The molecule has 0 radical (unpaired) electrons. The van der Waals surface area contributed by atoms with Gasteiger partial charge in [-0.05, 0) is 12.1 Å². The number of rotatable bonds is 1. The second kappa shape index (κ2) is 3.89. The Bertz CT molecular complexity index is 369. The minimum absolute atomic E-state index is 0.0665. The Hall–Kier alpha value is -0.880. The van der Waals surface area contributed by atoms with E-state index in [1.807, 2.05) is 0 Å². The van der Waals surface area contributed by atoms with Gasteiger partial charge in [0, 0.05) is 10.6 Å². The zero-order valence-electron chi connectivity index (χ0n) is 6.46. The van der Waals surface area contributed by atoms with Gasteiger partial charge in [-0.1, -0.05) is 29.1 Å². The first-order valence-corrected chi connectivity index (χ1v) is 4.14. The van der Waals surface area contributed by atoms with Crippen molar-refractivity contribution in [3.05, 3.63) is 27.7 Å². The van der Waals surface area contributed by atoms with Crippen molar-refractivity contribution in [1.82, 2.24) is 0 Å². The normalized spacial score (nSPS) is 12.2. The highest BCUT2D eigenvalue weighted by Crippen LogP contribution is 2.34. The lowest BCUT2D eigenvalue weighted by atomic mass is 10.1. The topological polar surface area (TPSA) is 40.5 Å². The molecule has 1 atom stereocenters. The van der Waals surface area contributed by atoms with E-state index in [-0.39, 0.29) is 16.3 Å². The predicted octanol–water partition coefficient (Wildman–Crippen LogP) is 2.37. The third-order valence-corrected chi connectivity index (χ3v) is 2.02. The first-order chi connectivity index (χ1) is 6.06. The van der Waals surface area contributed by atoms with Crippen molar-refractivity contribution >= 4 is 23.2 Å². The van der Waals surface area contributed by atoms with Crippen molar-refractivity contribution in [3.63, 3.8) is 0 Å². The molecule has 0 saturated carbocycles. The van der Waals surface area contributed by atoms with E-state index in [1.54, 1.807) is 0 Å². The summed E-state index contributed by atoms with van der Waals surface area (Å²) in [5, 5.41) is 19.0. The van der Waals surface area contributed by atoms with Crippen molar-refractivity contribution in [2.45, 2.75) is 6.10 Å². The Kier molecular flexibility index (Phi) is 3.05. The van der Waals surface area contributed by atoms with Gasteiger partial charge in [0.1, 0.15) is 11.9 Å². The van der Waals surface area contributed by atoms with Crippen LogP contribution in [0.4, 0.5) is 0 Å². The number of aliphatic hydroxyl groups is 1. The van der Waals surface area contributed by atoms with Gasteiger partial charge >= 0.3 is 0 Å². The fourth-order valence-electron chi connectivity index (χ4n) is 0.884. The van der Waals surface area contributed by atoms with E-state index in [4.69, 9.17) is 29.6 Å². The molecule has 4 heteroatoms. The summed E-state index contributed by atoms with van der Waals surface area (Å²) >= 11 is 11.3. The van der Waals surface area contributed by atoms with E-state index in [0.29, 0.717) is 5.02 Å². The fourth-order valence-corrected chi connectivity index (χ4v) is 1.39. The van der Waals surface area contributed by atoms with Crippen LogP contribution in [0.2, 0.25) is 10.0 Å². The van der Waals surface area contributed by atoms with E-state index >= 15 is 0 Å².